The van der Waals surface area contributed by atoms with Gasteiger partial charge in [0.2, 0.25) is 0 Å². The summed E-state index contributed by atoms with van der Waals surface area (Å²) < 4.78 is 10.2. The Balaban J connectivity index is 1.20. The molecule has 1 saturated heterocycles. The third-order valence-corrected chi connectivity index (χ3v) is 10.1. The number of imidazole rings is 1. The van der Waals surface area contributed by atoms with Crippen LogP contribution in [-0.4, -0.2) is 85.5 Å². The molecule has 3 fully saturated rings. The minimum atomic E-state index is -0.138. The first kappa shape index (κ1) is 28.7. The van der Waals surface area contributed by atoms with Crippen molar-refractivity contribution in [3.63, 3.8) is 0 Å². The van der Waals surface area contributed by atoms with E-state index in [-0.39, 0.29) is 23.9 Å². The van der Waals surface area contributed by atoms with E-state index in [4.69, 9.17) is 20.4 Å². The van der Waals surface area contributed by atoms with Crippen molar-refractivity contribution in [3.8, 4) is 28.5 Å². The molecule has 3 unspecified atom stereocenters. The van der Waals surface area contributed by atoms with Crippen molar-refractivity contribution in [2.75, 3.05) is 27.7 Å². The summed E-state index contributed by atoms with van der Waals surface area (Å²) in [4.78, 5) is 44.2. The Bertz CT molecular complexity index is 2020. The van der Waals surface area contributed by atoms with E-state index >= 15 is 0 Å². The summed E-state index contributed by atoms with van der Waals surface area (Å²) in [6.07, 6.45) is 6.14. The molecule has 1 aliphatic heterocycles. The average molecular weight is 619 g/mol. The van der Waals surface area contributed by atoms with Gasteiger partial charge in [0.05, 0.1) is 24.0 Å². The van der Waals surface area contributed by atoms with Crippen LogP contribution in [0.3, 0.4) is 0 Å². The van der Waals surface area contributed by atoms with Crippen LogP contribution in [-0.2, 0) is 13.6 Å². The lowest BCUT2D eigenvalue weighted by molar-refractivity contribution is 0.0700. The normalized spacial score (nSPS) is 20.6. The first-order valence-electron chi connectivity index (χ1n) is 16.0. The fourth-order valence-corrected chi connectivity index (χ4v) is 7.38. The number of hydrogen-bond acceptors (Lipinski definition) is 7. The first-order chi connectivity index (χ1) is 22.2. The number of amides is 2. The molecular formula is C35H38N8O3. The van der Waals surface area contributed by atoms with Gasteiger partial charge in [-0.2, -0.15) is 0 Å². The predicted octanol–water partition coefficient (Wildman–Crippen LogP) is 4.33. The van der Waals surface area contributed by atoms with Crippen LogP contribution in [0.15, 0.2) is 48.7 Å². The molecule has 2 aliphatic carbocycles. The molecule has 5 aromatic rings. The standard InChI is InChI=1S/C35H38N8O3/c1-40(2)35(45)25-11-8-21(16-37-25)24-10-7-20-14-28(42(32(20)38-24)17-19-5-6-19)33-39-26-13-23(15-29(46-4)31(26)41(33)3)34(44)43-18-22-9-12-27(43)30(22)36/h7-8,10-11,13-16,19,22,27,30H,5-6,9,12,17-18,36H2,1-4H3. The summed E-state index contributed by atoms with van der Waals surface area (Å²) in [5.41, 5.74) is 12.4. The number of carbonyl (C=O) groups is 2. The number of nitrogens with zero attached hydrogens (tertiary/aromatic N) is 7. The Morgan fingerprint density at radius 1 is 1.04 bits per heavy atom. The van der Waals surface area contributed by atoms with Crippen LogP contribution in [0.2, 0.25) is 0 Å². The highest BCUT2D eigenvalue weighted by atomic mass is 16.5. The molecule has 8 rings (SSSR count). The molecule has 2 saturated carbocycles. The van der Waals surface area contributed by atoms with Crippen molar-refractivity contribution in [2.24, 2.45) is 24.6 Å². The number of benzene rings is 1. The SMILES string of the molecule is COc1cc(C(=O)N2CC3CCC2C3N)cc2nc(-c3cc4ccc(-c5ccc(C(=O)N(C)C)nc5)nc4n3CC3CC3)n(C)c12. The number of aryl methyl sites for hydroxylation is 1. The number of ether oxygens (including phenoxy) is 1. The number of carbonyl (C=O) groups excluding carboxylic acids is 2. The zero-order chi connectivity index (χ0) is 31.9. The number of pyridine rings is 2. The fraction of sp³-hybridized carbons (Fsp3) is 0.400. The van der Waals surface area contributed by atoms with Crippen LogP contribution in [0, 0.1) is 11.8 Å². The number of nitrogens with two attached hydrogens (primary N) is 1. The molecule has 5 heterocycles. The maximum Gasteiger partial charge on any atom is 0.271 e. The molecule has 3 atom stereocenters. The van der Waals surface area contributed by atoms with E-state index in [1.807, 2.05) is 36.2 Å². The highest BCUT2D eigenvalue weighted by Gasteiger charge is 2.47. The van der Waals surface area contributed by atoms with Gasteiger partial charge in [-0.3, -0.25) is 14.6 Å². The quantitative estimate of drug-likeness (QED) is 0.288. The third-order valence-electron chi connectivity index (χ3n) is 10.1. The predicted molar refractivity (Wildman–Crippen MR) is 175 cm³/mol. The fourth-order valence-electron chi connectivity index (χ4n) is 7.38. The second kappa shape index (κ2) is 10.7. The van der Waals surface area contributed by atoms with Gasteiger partial charge in [0.1, 0.15) is 22.6 Å². The first-order valence-corrected chi connectivity index (χ1v) is 16.0. The van der Waals surface area contributed by atoms with Gasteiger partial charge in [0, 0.05) is 69.0 Å². The Hall–Kier alpha value is -4.77. The molecule has 11 nitrogen and oxygen atoms in total. The Morgan fingerprint density at radius 3 is 2.52 bits per heavy atom. The number of rotatable bonds is 7. The summed E-state index contributed by atoms with van der Waals surface area (Å²) in [6.45, 7) is 1.55. The topological polar surface area (TPSA) is 124 Å². The molecule has 11 heteroatoms. The monoisotopic (exact) mass is 618 g/mol. The molecule has 1 aromatic carbocycles. The number of aromatic nitrogens is 5. The number of hydrogen-bond donors (Lipinski definition) is 1. The van der Waals surface area contributed by atoms with Crippen LogP contribution in [0.1, 0.15) is 46.5 Å². The smallest absolute Gasteiger partial charge is 0.271 e. The summed E-state index contributed by atoms with van der Waals surface area (Å²) in [6, 6.07) is 13.7. The number of fused-ring (bicyclic) bond motifs is 4. The zero-order valence-corrected chi connectivity index (χ0v) is 26.6. The van der Waals surface area contributed by atoms with Crippen molar-refractivity contribution in [3.05, 3.63) is 59.9 Å². The maximum absolute atomic E-state index is 13.7. The summed E-state index contributed by atoms with van der Waals surface area (Å²) in [5, 5.41) is 1.02. The molecule has 2 amide bonds. The van der Waals surface area contributed by atoms with Crippen LogP contribution < -0.4 is 10.5 Å². The lowest BCUT2D eigenvalue weighted by Gasteiger charge is -2.27. The summed E-state index contributed by atoms with van der Waals surface area (Å²) in [5.74, 6) is 2.22. The minimum Gasteiger partial charge on any atom is -0.494 e. The van der Waals surface area contributed by atoms with Gasteiger partial charge < -0.3 is 29.4 Å². The molecule has 2 bridgehead atoms. The van der Waals surface area contributed by atoms with Gasteiger partial charge >= 0.3 is 0 Å². The summed E-state index contributed by atoms with van der Waals surface area (Å²) >= 11 is 0. The molecular weight excluding hydrogens is 580 g/mol. The van der Waals surface area contributed by atoms with Crippen LogP contribution in [0.5, 0.6) is 5.75 Å². The molecule has 46 heavy (non-hydrogen) atoms. The Labute approximate surface area is 267 Å². The second-order valence-electron chi connectivity index (χ2n) is 13.3. The van der Waals surface area contributed by atoms with E-state index in [2.05, 4.69) is 26.3 Å². The van der Waals surface area contributed by atoms with E-state index < -0.39 is 0 Å². The molecule has 3 aliphatic rings. The van der Waals surface area contributed by atoms with Crippen LogP contribution in [0.4, 0.5) is 0 Å². The van der Waals surface area contributed by atoms with E-state index in [0.29, 0.717) is 40.9 Å². The van der Waals surface area contributed by atoms with E-state index in [9.17, 15) is 9.59 Å². The van der Waals surface area contributed by atoms with Gasteiger partial charge in [0.25, 0.3) is 11.8 Å². The van der Waals surface area contributed by atoms with Crippen molar-refractivity contribution in [1.29, 1.82) is 0 Å². The van der Waals surface area contributed by atoms with Gasteiger partial charge in [0.15, 0.2) is 5.82 Å². The van der Waals surface area contributed by atoms with Gasteiger partial charge in [-0.05, 0) is 80.0 Å². The molecule has 236 valence electrons. The molecule has 2 N–H and O–H groups in total. The Morgan fingerprint density at radius 2 is 1.87 bits per heavy atom. The Kier molecular flexibility index (Phi) is 6.64. The summed E-state index contributed by atoms with van der Waals surface area (Å²) in [7, 11) is 7.06. The van der Waals surface area contributed by atoms with E-state index in [1.54, 1.807) is 33.5 Å². The lowest BCUT2D eigenvalue weighted by Crippen LogP contribution is -2.41. The molecule has 0 spiro atoms. The molecule has 4 aromatic heterocycles. The van der Waals surface area contributed by atoms with Crippen molar-refractivity contribution in [1.82, 2.24) is 33.9 Å². The number of piperidine rings is 1. The maximum atomic E-state index is 13.7. The third kappa shape index (κ3) is 4.55. The minimum absolute atomic E-state index is 0.0109. The largest absolute Gasteiger partial charge is 0.494 e. The zero-order valence-electron chi connectivity index (χ0n) is 26.6. The number of methoxy groups -OCH3 is 1. The number of likely N-dealkylation sites (tertiary alicyclic amines) is 1. The highest BCUT2D eigenvalue weighted by Crippen LogP contribution is 2.40. The highest BCUT2D eigenvalue weighted by molar-refractivity contribution is 6.00. The van der Waals surface area contributed by atoms with Crippen LogP contribution in [0.25, 0.3) is 44.8 Å². The van der Waals surface area contributed by atoms with Crippen molar-refractivity contribution in [2.45, 2.75) is 44.3 Å². The van der Waals surface area contributed by atoms with Gasteiger partial charge in [-0.25, -0.2) is 9.97 Å². The average Bonchev–Trinajstić information content (AvgIpc) is 3.47. The van der Waals surface area contributed by atoms with E-state index in [0.717, 1.165) is 58.7 Å². The second-order valence-corrected chi connectivity index (χ2v) is 13.3. The van der Waals surface area contributed by atoms with Gasteiger partial charge in [-0.1, -0.05) is 0 Å². The lowest BCUT2D eigenvalue weighted by atomic mass is 10.1. The van der Waals surface area contributed by atoms with E-state index in [1.165, 1.54) is 17.7 Å². The molecule has 0 radical (unpaired) electrons. The van der Waals surface area contributed by atoms with Crippen LogP contribution >= 0.6 is 0 Å². The van der Waals surface area contributed by atoms with Crippen molar-refractivity contribution < 1.29 is 14.3 Å². The van der Waals surface area contributed by atoms with Crippen molar-refractivity contribution >= 4 is 33.9 Å². The van der Waals surface area contributed by atoms with Gasteiger partial charge in [-0.15, -0.1) is 0 Å².